The van der Waals surface area contributed by atoms with Gasteiger partial charge >= 0.3 is 0 Å². The first-order valence-corrected chi connectivity index (χ1v) is 22.5. The Morgan fingerprint density at radius 3 is 1.54 bits per heavy atom. The molecule has 304 valence electrons. The van der Waals surface area contributed by atoms with Crippen LogP contribution in [0, 0.1) is 0 Å². The van der Waals surface area contributed by atoms with Crippen molar-refractivity contribution >= 4 is 76.1 Å². The van der Waals surface area contributed by atoms with Crippen molar-refractivity contribution in [2.45, 2.75) is 19.3 Å². The van der Waals surface area contributed by atoms with Crippen LogP contribution in [0.4, 0.5) is 0 Å². The lowest BCUT2D eigenvalue weighted by Crippen LogP contribution is -2.15. The van der Waals surface area contributed by atoms with Crippen LogP contribution in [-0.2, 0) is 5.41 Å². The van der Waals surface area contributed by atoms with Gasteiger partial charge in [0.25, 0.3) is 0 Å². The van der Waals surface area contributed by atoms with E-state index >= 15 is 0 Å². The Morgan fingerprint density at radius 1 is 0.354 bits per heavy atom. The number of hydrogen-bond donors (Lipinski definition) is 0. The molecular formula is C61H40N4. The number of fused-ring (bicyclic) bond motifs is 14. The lowest BCUT2D eigenvalue weighted by atomic mass is 9.82. The average molecular weight is 829 g/mol. The van der Waals surface area contributed by atoms with Crippen molar-refractivity contribution in [3.63, 3.8) is 0 Å². The van der Waals surface area contributed by atoms with Crippen LogP contribution >= 0.6 is 0 Å². The fourth-order valence-electron chi connectivity index (χ4n) is 11.4. The van der Waals surface area contributed by atoms with Crippen molar-refractivity contribution in [3.8, 4) is 45.1 Å². The van der Waals surface area contributed by atoms with Gasteiger partial charge in [0.2, 0.25) is 5.95 Å². The molecule has 0 fully saturated rings. The number of benzene rings is 10. The molecule has 1 aliphatic carbocycles. The molecule has 10 aromatic carbocycles. The van der Waals surface area contributed by atoms with E-state index in [9.17, 15) is 0 Å². The predicted molar refractivity (Wildman–Crippen MR) is 272 cm³/mol. The van der Waals surface area contributed by atoms with Gasteiger partial charge in [0.15, 0.2) is 0 Å². The molecule has 3 heterocycles. The summed E-state index contributed by atoms with van der Waals surface area (Å²) in [5.74, 6) is 0.659. The standard InChI is InChI=1S/C61H40N4/c1-61(2)52-28-14-10-22-41(52)42-33-32-37(34-53(42)61)57-47-27-11-15-29-54(47)62-60(63-57)65-56-31-17-13-24-44(56)51-36-49(40-21-7-9-26-46(40)59(51)65)48-35-50-43-23-12-16-30-55(43)64(38-18-4-3-5-19-38)58(50)45-25-8-6-20-39(45)48/h3-36H,1-2H3. The molecule has 0 bridgehead atoms. The zero-order valence-corrected chi connectivity index (χ0v) is 35.9. The molecule has 1 aliphatic rings. The van der Waals surface area contributed by atoms with E-state index in [4.69, 9.17) is 9.97 Å². The van der Waals surface area contributed by atoms with Crippen molar-refractivity contribution < 1.29 is 0 Å². The van der Waals surface area contributed by atoms with Crippen molar-refractivity contribution in [2.75, 3.05) is 0 Å². The largest absolute Gasteiger partial charge is 0.309 e. The van der Waals surface area contributed by atoms with Gasteiger partial charge < -0.3 is 4.57 Å². The maximum absolute atomic E-state index is 5.60. The van der Waals surface area contributed by atoms with E-state index in [1.807, 2.05) is 0 Å². The highest BCUT2D eigenvalue weighted by Crippen LogP contribution is 2.50. The van der Waals surface area contributed by atoms with Crippen LogP contribution in [0.25, 0.3) is 121 Å². The van der Waals surface area contributed by atoms with Crippen LogP contribution in [0.1, 0.15) is 25.0 Å². The van der Waals surface area contributed by atoms with Crippen molar-refractivity contribution in [3.05, 3.63) is 217 Å². The summed E-state index contributed by atoms with van der Waals surface area (Å²) in [5, 5.41) is 10.6. The van der Waals surface area contributed by atoms with Gasteiger partial charge in [-0.25, -0.2) is 9.97 Å². The van der Waals surface area contributed by atoms with E-state index in [-0.39, 0.29) is 5.41 Å². The first-order chi connectivity index (χ1) is 32.0. The summed E-state index contributed by atoms with van der Waals surface area (Å²) in [6.45, 7) is 4.68. The number of rotatable bonds is 4. The maximum Gasteiger partial charge on any atom is 0.235 e. The second-order valence-electron chi connectivity index (χ2n) is 18.1. The molecule has 0 amide bonds. The third-order valence-electron chi connectivity index (χ3n) is 14.3. The third-order valence-corrected chi connectivity index (χ3v) is 14.3. The molecule has 0 unspecified atom stereocenters. The molecule has 3 aromatic heterocycles. The van der Waals surface area contributed by atoms with Gasteiger partial charge in [-0.1, -0.05) is 172 Å². The van der Waals surface area contributed by atoms with Crippen LogP contribution in [-0.4, -0.2) is 19.1 Å². The lowest BCUT2D eigenvalue weighted by Gasteiger charge is -2.22. The Morgan fingerprint density at radius 2 is 0.862 bits per heavy atom. The zero-order valence-electron chi connectivity index (χ0n) is 35.9. The SMILES string of the molecule is CC1(C)c2ccccc2-c2ccc(-c3nc(-n4c5ccccc5c5cc(-c6cc7c8ccccc8n(-c8ccccc8)c7c7ccccc67)c6ccccc6c54)nc4ccccc34)cc21. The van der Waals surface area contributed by atoms with E-state index in [0.29, 0.717) is 5.95 Å². The van der Waals surface area contributed by atoms with E-state index < -0.39 is 0 Å². The first-order valence-electron chi connectivity index (χ1n) is 22.5. The fraction of sp³-hybridized carbons (Fsp3) is 0.0492. The van der Waals surface area contributed by atoms with Crippen molar-refractivity contribution in [2.24, 2.45) is 0 Å². The minimum absolute atomic E-state index is 0.133. The highest BCUT2D eigenvalue weighted by atomic mass is 15.2. The van der Waals surface area contributed by atoms with Crippen molar-refractivity contribution in [1.29, 1.82) is 0 Å². The minimum Gasteiger partial charge on any atom is -0.309 e. The summed E-state index contributed by atoms with van der Waals surface area (Å²) in [6, 6.07) is 75.3. The smallest absolute Gasteiger partial charge is 0.235 e. The average Bonchev–Trinajstić information content (AvgIpc) is 3.96. The molecule has 0 spiro atoms. The minimum atomic E-state index is -0.133. The van der Waals surface area contributed by atoms with Crippen LogP contribution in [0.5, 0.6) is 0 Å². The summed E-state index contributed by atoms with van der Waals surface area (Å²) in [6.07, 6.45) is 0. The van der Waals surface area contributed by atoms with Crippen LogP contribution in [0.2, 0.25) is 0 Å². The van der Waals surface area contributed by atoms with Crippen LogP contribution in [0.3, 0.4) is 0 Å². The summed E-state index contributed by atoms with van der Waals surface area (Å²) >= 11 is 0. The molecule has 0 radical (unpaired) electrons. The highest BCUT2D eigenvalue weighted by molar-refractivity contribution is 6.27. The highest BCUT2D eigenvalue weighted by Gasteiger charge is 2.35. The Kier molecular flexibility index (Phi) is 7.42. The maximum atomic E-state index is 5.60. The Labute approximate surface area is 375 Å². The summed E-state index contributed by atoms with van der Waals surface area (Å²) in [7, 11) is 0. The topological polar surface area (TPSA) is 35.6 Å². The van der Waals surface area contributed by atoms with Gasteiger partial charge in [0.1, 0.15) is 0 Å². The first kappa shape index (κ1) is 36.2. The number of para-hydroxylation sites is 4. The van der Waals surface area contributed by atoms with E-state index in [1.165, 1.54) is 76.7 Å². The second kappa shape index (κ2) is 13.3. The molecule has 14 rings (SSSR count). The molecule has 65 heavy (non-hydrogen) atoms. The molecule has 0 saturated carbocycles. The molecule has 4 heteroatoms. The number of hydrogen-bond acceptors (Lipinski definition) is 2. The fourth-order valence-corrected chi connectivity index (χ4v) is 11.4. The predicted octanol–water partition coefficient (Wildman–Crippen LogP) is 15.8. The molecule has 13 aromatic rings. The van der Waals surface area contributed by atoms with E-state index in [0.717, 1.165) is 49.7 Å². The molecule has 0 aliphatic heterocycles. The molecule has 0 saturated heterocycles. The lowest BCUT2D eigenvalue weighted by molar-refractivity contribution is 0.660. The number of nitrogens with zero attached hydrogens (tertiary/aromatic N) is 4. The Balaban J connectivity index is 1.05. The quantitative estimate of drug-likeness (QED) is 0.177. The van der Waals surface area contributed by atoms with Gasteiger partial charge in [-0.3, -0.25) is 4.57 Å². The van der Waals surface area contributed by atoms with Crippen LogP contribution in [0.15, 0.2) is 206 Å². The molecule has 4 nitrogen and oxygen atoms in total. The summed E-state index contributed by atoms with van der Waals surface area (Å²) < 4.78 is 4.75. The van der Waals surface area contributed by atoms with E-state index in [1.54, 1.807) is 0 Å². The third kappa shape index (κ3) is 5.02. The second-order valence-corrected chi connectivity index (χ2v) is 18.1. The normalized spacial score (nSPS) is 13.2. The molecule has 0 atom stereocenters. The molecule has 0 N–H and O–H groups in total. The number of aromatic nitrogens is 4. The van der Waals surface area contributed by atoms with Gasteiger partial charge in [-0.05, 0) is 92.7 Å². The molecular weight excluding hydrogens is 789 g/mol. The Hall–Kier alpha value is -8.34. The zero-order chi connectivity index (χ0) is 43.0. The van der Waals surface area contributed by atoms with Crippen molar-refractivity contribution in [1.82, 2.24) is 19.1 Å². The van der Waals surface area contributed by atoms with Gasteiger partial charge in [0, 0.05) is 54.4 Å². The van der Waals surface area contributed by atoms with Gasteiger partial charge in [-0.15, -0.1) is 0 Å². The van der Waals surface area contributed by atoms with Gasteiger partial charge in [0.05, 0.1) is 33.3 Å². The summed E-state index contributed by atoms with van der Waals surface area (Å²) in [4.78, 5) is 11.0. The van der Waals surface area contributed by atoms with Gasteiger partial charge in [-0.2, -0.15) is 0 Å². The Bertz CT molecular complexity index is 4150. The van der Waals surface area contributed by atoms with E-state index in [2.05, 4.69) is 229 Å². The monoisotopic (exact) mass is 828 g/mol. The van der Waals surface area contributed by atoms with Crippen LogP contribution < -0.4 is 0 Å². The summed E-state index contributed by atoms with van der Waals surface area (Å²) in [5.41, 5.74) is 16.3.